The average Bonchev–Trinajstić information content (AvgIpc) is 3.88. The van der Waals surface area contributed by atoms with Crippen molar-refractivity contribution in [2.75, 3.05) is 4.90 Å². The van der Waals surface area contributed by atoms with Gasteiger partial charge in [-0.3, -0.25) is 0 Å². The lowest BCUT2D eigenvalue weighted by atomic mass is 9.97. The molecule has 2 aromatic heterocycles. The Morgan fingerprint density at radius 3 is 1.66 bits per heavy atom. The van der Waals surface area contributed by atoms with Crippen LogP contribution in [0.1, 0.15) is 0 Å². The minimum absolute atomic E-state index is 0.909. The Kier molecular flexibility index (Phi) is 8.17. The molecule has 3 heteroatoms. The van der Waals surface area contributed by atoms with Crippen molar-refractivity contribution in [3.8, 4) is 39.1 Å². The van der Waals surface area contributed by atoms with Crippen molar-refractivity contribution in [2.24, 2.45) is 0 Å². The molecule has 0 saturated heterocycles. The maximum atomic E-state index is 6.42. The Bertz CT molecular complexity index is 3540. The Hall–Kier alpha value is -8.14. The number of aromatic nitrogens is 1. The minimum Gasteiger partial charge on any atom is -0.455 e. The van der Waals surface area contributed by atoms with Crippen molar-refractivity contribution in [1.82, 2.24) is 4.57 Å². The van der Waals surface area contributed by atoms with E-state index in [0.717, 1.165) is 72.5 Å². The van der Waals surface area contributed by atoms with Gasteiger partial charge in [0.1, 0.15) is 11.2 Å². The van der Waals surface area contributed by atoms with Gasteiger partial charge in [-0.15, -0.1) is 0 Å². The van der Waals surface area contributed by atoms with Crippen LogP contribution in [-0.2, 0) is 0 Å². The standard InChI is InChI=1S/C58H38N2O/c1-2-14-43-38-47(36-29-39(43)13-1)59(45-32-27-40(28-33-45)42-15-11-16-44(37-42)49-21-12-22-53-52-20-6-10-26-57(52)61-58(49)53)46-34-30-41(31-35-46)48-17-3-7-23-54(48)60-55-24-8-4-18-50(55)51-19-5-9-25-56(51)60/h1-38H. The normalized spacial score (nSPS) is 11.6. The van der Waals surface area contributed by atoms with Crippen LogP contribution in [0.3, 0.4) is 0 Å². The fourth-order valence-corrected chi connectivity index (χ4v) is 9.29. The van der Waals surface area contributed by atoms with Gasteiger partial charge in [0.2, 0.25) is 0 Å². The highest BCUT2D eigenvalue weighted by atomic mass is 16.3. The summed E-state index contributed by atoms with van der Waals surface area (Å²) in [4.78, 5) is 2.36. The van der Waals surface area contributed by atoms with Gasteiger partial charge in [-0.25, -0.2) is 0 Å². The first-order valence-corrected chi connectivity index (χ1v) is 20.8. The maximum absolute atomic E-state index is 6.42. The molecule has 10 aromatic carbocycles. The fraction of sp³-hybridized carbons (Fsp3) is 0. The van der Waals surface area contributed by atoms with Gasteiger partial charge in [-0.05, 0) is 99.8 Å². The Morgan fingerprint density at radius 1 is 0.328 bits per heavy atom. The summed E-state index contributed by atoms with van der Waals surface area (Å²) in [5.74, 6) is 0. The van der Waals surface area contributed by atoms with E-state index in [4.69, 9.17) is 4.42 Å². The molecule has 0 spiro atoms. The lowest BCUT2D eigenvalue weighted by Crippen LogP contribution is -2.10. The number of furan rings is 1. The summed E-state index contributed by atoms with van der Waals surface area (Å²) in [6.45, 7) is 0. The van der Waals surface area contributed by atoms with Crippen LogP contribution in [0, 0.1) is 0 Å². The van der Waals surface area contributed by atoms with Crippen LogP contribution >= 0.6 is 0 Å². The number of hydrogen-bond acceptors (Lipinski definition) is 2. The van der Waals surface area contributed by atoms with E-state index in [-0.39, 0.29) is 0 Å². The van der Waals surface area contributed by atoms with Gasteiger partial charge in [-0.1, -0.05) is 164 Å². The Labute approximate surface area is 353 Å². The molecular weight excluding hydrogens is 741 g/mol. The zero-order valence-corrected chi connectivity index (χ0v) is 33.2. The van der Waals surface area contributed by atoms with E-state index < -0.39 is 0 Å². The molecule has 0 aliphatic heterocycles. The van der Waals surface area contributed by atoms with E-state index in [1.54, 1.807) is 0 Å². The second-order valence-electron chi connectivity index (χ2n) is 15.7. The third-order valence-electron chi connectivity index (χ3n) is 12.2. The van der Waals surface area contributed by atoms with Crippen molar-refractivity contribution in [3.63, 3.8) is 0 Å². The van der Waals surface area contributed by atoms with Crippen LogP contribution < -0.4 is 4.90 Å². The molecule has 0 saturated carbocycles. The molecule has 0 radical (unpaired) electrons. The highest BCUT2D eigenvalue weighted by Crippen LogP contribution is 2.41. The van der Waals surface area contributed by atoms with Gasteiger partial charge < -0.3 is 13.9 Å². The number of para-hydroxylation sites is 5. The third-order valence-corrected chi connectivity index (χ3v) is 12.2. The first-order valence-electron chi connectivity index (χ1n) is 20.8. The maximum Gasteiger partial charge on any atom is 0.143 e. The molecular formula is C58H38N2O. The van der Waals surface area contributed by atoms with Crippen molar-refractivity contribution in [1.29, 1.82) is 0 Å². The highest BCUT2D eigenvalue weighted by molar-refractivity contribution is 6.11. The van der Waals surface area contributed by atoms with Crippen LogP contribution in [0.15, 0.2) is 235 Å². The molecule has 3 nitrogen and oxygen atoms in total. The predicted molar refractivity (Wildman–Crippen MR) is 257 cm³/mol. The number of hydrogen-bond donors (Lipinski definition) is 0. The largest absolute Gasteiger partial charge is 0.455 e. The number of anilines is 3. The van der Waals surface area contributed by atoms with E-state index in [0.29, 0.717) is 0 Å². The molecule has 2 heterocycles. The fourth-order valence-electron chi connectivity index (χ4n) is 9.29. The first-order chi connectivity index (χ1) is 30.2. The van der Waals surface area contributed by atoms with E-state index in [1.165, 1.54) is 38.1 Å². The lowest BCUT2D eigenvalue weighted by Gasteiger charge is -2.26. The topological polar surface area (TPSA) is 21.3 Å². The number of nitrogens with zero attached hydrogens (tertiary/aromatic N) is 2. The summed E-state index contributed by atoms with van der Waals surface area (Å²) in [7, 11) is 0. The number of benzene rings is 10. The van der Waals surface area contributed by atoms with Crippen LogP contribution in [-0.4, -0.2) is 4.57 Å². The zero-order valence-electron chi connectivity index (χ0n) is 33.2. The predicted octanol–water partition coefficient (Wildman–Crippen LogP) is 16.3. The number of rotatable bonds is 7. The smallest absolute Gasteiger partial charge is 0.143 e. The van der Waals surface area contributed by atoms with E-state index in [9.17, 15) is 0 Å². The summed E-state index contributed by atoms with van der Waals surface area (Å²) >= 11 is 0. The first kappa shape index (κ1) is 34.9. The highest BCUT2D eigenvalue weighted by Gasteiger charge is 2.18. The average molecular weight is 779 g/mol. The second-order valence-corrected chi connectivity index (χ2v) is 15.7. The minimum atomic E-state index is 0.909. The summed E-state index contributed by atoms with van der Waals surface area (Å²) in [5, 5.41) is 7.21. The van der Waals surface area contributed by atoms with E-state index in [2.05, 4.69) is 228 Å². The molecule has 61 heavy (non-hydrogen) atoms. The number of fused-ring (bicyclic) bond motifs is 7. The van der Waals surface area contributed by atoms with Gasteiger partial charge in [0.15, 0.2) is 0 Å². The van der Waals surface area contributed by atoms with Crippen LogP contribution in [0.2, 0.25) is 0 Å². The molecule has 0 bridgehead atoms. The van der Waals surface area contributed by atoms with Gasteiger partial charge in [0, 0.05) is 49.7 Å². The van der Waals surface area contributed by atoms with Crippen LogP contribution in [0.5, 0.6) is 0 Å². The van der Waals surface area contributed by atoms with Crippen molar-refractivity contribution in [2.45, 2.75) is 0 Å². The van der Waals surface area contributed by atoms with Crippen molar-refractivity contribution in [3.05, 3.63) is 231 Å². The zero-order chi connectivity index (χ0) is 40.3. The Morgan fingerprint density at radius 2 is 0.885 bits per heavy atom. The van der Waals surface area contributed by atoms with Crippen LogP contribution in [0.4, 0.5) is 17.1 Å². The van der Waals surface area contributed by atoms with Crippen LogP contribution in [0.25, 0.3) is 93.6 Å². The van der Waals surface area contributed by atoms with Gasteiger partial charge in [0.05, 0.1) is 16.7 Å². The van der Waals surface area contributed by atoms with E-state index in [1.807, 2.05) is 12.1 Å². The van der Waals surface area contributed by atoms with Gasteiger partial charge in [-0.2, -0.15) is 0 Å². The lowest BCUT2D eigenvalue weighted by molar-refractivity contribution is 0.670. The third kappa shape index (κ3) is 5.90. The molecule has 0 N–H and O–H groups in total. The monoisotopic (exact) mass is 778 g/mol. The van der Waals surface area contributed by atoms with Crippen molar-refractivity contribution < 1.29 is 4.42 Å². The molecule has 286 valence electrons. The Balaban J connectivity index is 0.928. The summed E-state index contributed by atoms with van der Waals surface area (Å²) in [5.41, 5.74) is 15.5. The second kappa shape index (κ2) is 14.3. The summed E-state index contributed by atoms with van der Waals surface area (Å²) in [6, 6.07) is 82.9. The molecule has 0 aliphatic carbocycles. The van der Waals surface area contributed by atoms with Gasteiger partial charge in [0.25, 0.3) is 0 Å². The SMILES string of the molecule is c1cc(-c2ccc(N(c3ccc(-c4ccccc4-n4c5ccccc5c5ccccc54)cc3)c3ccc4ccccc4c3)cc2)cc(-c2cccc3c2oc2ccccc23)c1. The molecule has 0 unspecified atom stereocenters. The molecule has 0 atom stereocenters. The molecule has 0 fully saturated rings. The summed E-state index contributed by atoms with van der Waals surface area (Å²) < 4.78 is 8.82. The quantitative estimate of drug-likeness (QED) is 0.161. The molecule has 0 aliphatic rings. The van der Waals surface area contributed by atoms with E-state index >= 15 is 0 Å². The van der Waals surface area contributed by atoms with Gasteiger partial charge >= 0.3 is 0 Å². The molecule has 12 rings (SSSR count). The molecule has 0 amide bonds. The summed E-state index contributed by atoms with van der Waals surface area (Å²) in [6.07, 6.45) is 0. The molecule has 12 aromatic rings. The van der Waals surface area contributed by atoms with Crippen molar-refractivity contribution >= 4 is 71.6 Å².